The molecule has 0 radical (unpaired) electrons. The highest BCUT2D eigenvalue weighted by atomic mass is 16.6. The van der Waals surface area contributed by atoms with E-state index in [9.17, 15) is 19.2 Å². The van der Waals surface area contributed by atoms with E-state index in [1.165, 1.54) is 52.0 Å². The standard InChI is InChI=1S/C33H40N2O9.C4H6O2.C3H7NO2/c1-38-19-7-8-20-21-9-10-35-16-18-13-27(44-32(36)17-11-25(39-2)30(41-4)26(12-17)40-3)31(42-5)28(33(37)43-6)22(18)15-24(35)29(21)34-23(20)14-19;1-3(2)4(5)6;1-2-6-3(4)5/h7-8,11-12,14,18,22,24,27-28,31,34H,9-10,13,15-16H2,1-6H3;1H2,2H3,(H,5,6);2H2,1H3,(H2,4,5)/t18-,22+,24-,27-,28+,31+;;/m1../s1. The van der Waals surface area contributed by atoms with Crippen LogP contribution in [-0.2, 0) is 35.0 Å². The average molecular weight is 784 g/mol. The maximum atomic E-state index is 13.5. The van der Waals surface area contributed by atoms with Gasteiger partial charge in [-0.2, -0.15) is 0 Å². The summed E-state index contributed by atoms with van der Waals surface area (Å²) in [5.41, 5.74) is 8.55. The molecule has 3 aromatic rings. The lowest BCUT2D eigenvalue weighted by molar-refractivity contribution is -0.176. The van der Waals surface area contributed by atoms with Crippen molar-refractivity contribution in [3.8, 4) is 23.0 Å². The fraction of sp³-hybridized carbons (Fsp3) is 0.500. The summed E-state index contributed by atoms with van der Waals surface area (Å²) in [6.07, 6.45) is 0.209. The number of nitrogens with two attached hydrogens (primary N) is 1. The Balaban J connectivity index is 0.000000505. The Bertz CT molecular complexity index is 1850. The van der Waals surface area contributed by atoms with Gasteiger partial charge in [-0.25, -0.2) is 14.4 Å². The Kier molecular flexibility index (Phi) is 15.0. The minimum Gasteiger partial charge on any atom is -0.497 e. The van der Waals surface area contributed by atoms with E-state index >= 15 is 0 Å². The number of nitrogens with zero attached hydrogens (tertiary/aromatic N) is 1. The predicted molar refractivity (Wildman–Crippen MR) is 204 cm³/mol. The molecule has 1 amide bonds. The van der Waals surface area contributed by atoms with Crippen LogP contribution in [0.25, 0.3) is 10.9 Å². The van der Waals surface area contributed by atoms with Crippen LogP contribution < -0.4 is 24.7 Å². The number of aromatic nitrogens is 1. The predicted octanol–water partition coefficient (Wildman–Crippen LogP) is 4.92. The van der Waals surface area contributed by atoms with Crippen molar-refractivity contribution in [1.29, 1.82) is 0 Å². The average Bonchev–Trinajstić information content (AvgIpc) is 3.57. The van der Waals surface area contributed by atoms with E-state index in [0.717, 1.165) is 37.2 Å². The molecule has 1 saturated heterocycles. The van der Waals surface area contributed by atoms with Gasteiger partial charge in [-0.1, -0.05) is 6.58 Å². The van der Waals surface area contributed by atoms with Crippen LogP contribution in [0, 0.1) is 17.8 Å². The maximum Gasteiger partial charge on any atom is 0.404 e. The first kappa shape index (κ1) is 43.3. The monoisotopic (exact) mass is 783 g/mol. The molecule has 1 aromatic heterocycles. The summed E-state index contributed by atoms with van der Waals surface area (Å²) in [5.74, 6) is -0.495. The normalized spacial score (nSPS) is 22.1. The molecule has 16 nitrogen and oxygen atoms in total. The number of piperidine rings is 1. The Morgan fingerprint density at radius 1 is 0.964 bits per heavy atom. The van der Waals surface area contributed by atoms with Crippen LogP contribution in [0.2, 0.25) is 0 Å². The maximum absolute atomic E-state index is 13.5. The Morgan fingerprint density at radius 2 is 1.62 bits per heavy atom. The van der Waals surface area contributed by atoms with Crippen LogP contribution in [0.3, 0.4) is 0 Å². The summed E-state index contributed by atoms with van der Waals surface area (Å²) in [7, 11) is 9.10. The fourth-order valence-electron chi connectivity index (χ4n) is 7.90. The number of rotatable bonds is 10. The molecular weight excluding hydrogens is 730 g/mol. The van der Waals surface area contributed by atoms with Gasteiger partial charge in [0, 0.05) is 48.4 Å². The van der Waals surface area contributed by atoms with Gasteiger partial charge in [0.1, 0.15) is 18.0 Å². The molecule has 3 aliphatic rings. The van der Waals surface area contributed by atoms with Gasteiger partial charge in [-0.05, 0) is 74.8 Å². The zero-order chi connectivity index (χ0) is 41.3. The second-order valence-corrected chi connectivity index (χ2v) is 13.5. The fourth-order valence-corrected chi connectivity index (χ4v) is 7.90. The van der Waals surface area contributed by atoms with E-state index in [2.05, 4.69) is 33.0 Å². The number of hydrogen-bond donors (Lipinski definition) is 3. The quantitative estimate of drug-likeness (QED) is 0.142. The molecule has 0 spiro atoms. The Hall–Kier alpha value is -5.48. The molecule has 1 aliphatic carbocycles. The highest BCUT2D eigenvalue weighted by Crippen LogP contribution is 2.51. The van der Waals surface area contributed by atoms with E-state index in [-0.39, 0.29) is 35.0 Å². The summed E-state index contributed by atoms with van der Waals surface area (Å²) in [6.45, 7) is 8.34. The highest BCUT2D eigenvalue weighted by Gasteiger charge is 2.54. The third kappa shape index (κ3) is 9.48. The molecule has 16 heteroatoms. The zero-order valence-corrected chi connectivity index (χ0v) is 33.2. The third-order valence-electron chi connectivity index (χ3n) is 10.4. The van der Waals surface area contributed by atoms with Gasteiger partial charge in [0.05, 0.1) is 59.7 Å². The Labute approximate surface area is 326 Å². The van der Waals surface area contributed by atoms with E-state index < -0.39 is 36.2 Å². The zero-order valence-electron chi connectivity index (χ0n) is 33.2. The second-order valence-electron chi connectivity index (χ2n) is 13.5. The van der Waals surface area contributed by atoms with Crippen LogP contribution in [0.15, 0.2) is 42.5 Å². The first-order valence-electron chi connectivity index (χ1n) is 18.1. The molecule has 2 aromatic carbocycles. The lowest BCUT2D eigenvalue weighted by Gasteiger charge is -2.52. The third-order valence-corrected chi connectivity index (χ3v) is 10.4. The topological polar surface area (TPSA) is 207 Å². The molecule has 0 bridgehead atoms. The van der Waals surface area contributed by atoms with Crippen molar-refractivity contribution in [2.75, 3.05) is 62.4 Å². The molecule has 6 rings (SSSR count). The Morgan fingerprint density at radius 3 is 2.12 bits per heavy atom. The van der Waals surface area contributed by atoms with E-state index in [1.54, 1.807) is 33.3 Å². The summed E-state index contributed by atoms with van der Waals surface area (Å²) in [4.78, 5) is 52.3. The number of carbonyl (C=O) groups excluding carboxylic acids is 3. The number of aromatic amines is 1. The first-order chi connectivity index (χ1) is 26.8. The number of amides is 1. The van der Waals surface area contributed by atoms with Gasteiger partial charge in [-0.3, -0.25) is 9.69 Å². The number of carboxylic acids is 1. The van der Waals surface area contributed by atoms with Gasteiger partial charge in [0.2, 0.25) is 5.75 Å². The van der Waals surface area contributed by atoms with Gasteiger partial charge in [0.25, 0.3) is 0 Å². The molecule has 2 fully saturated rings. The number of methoxy groups -OCH3 is 6. The number of hydrogen-bond acceptors (Lipinski definition) is 13. The lowest BCUT2D eigenvalue weighted by Crippen LogP contribution is -2.58. The summed E-state index contributed by atoms with van der Waals surface area (Å²) in [5, 5.41) is 9.10. The number of primary amides is 1. The second kappa shape index (κ2) is 19.4. The molecule has 56 heavy (non-hydrogen) atoms. The van der Waals surface area contributed by atoms with E-state index in [0.29, 0.717) is 30.3 Å². The number of carbonyl (C=O) groups is 4. The number of fused-ring (bicyclic) bond motifs is 6. The molecule has 3 heterocycles. The van der Waals surface area contributed by atoms with Crippen molar-refractivity contribution >= 4 is 34.9 Å². The molecule has 306 valence electrons. The number of H-pyrrole nitrogens is 1. The van der Waals surface area contributed by atoms with Gasteiger partial charge >= 0.3 is 24.0 Å². The van der Waals surface area contributed by atoms with Crippen LogP contribution in [0.1, 0.15) is 54.3 Å². The molecule has 2 aliphatic heterocycles. The van der Waals surface area contributed by atoms with Gasteiger partial charge in [-0.15, -0.1) is 0 Å². The largest absolute Gasteiger partial charge is 0.497 e. The van der Waals surface area contributed by atoms with Crippen molar-refractivity contribution in [2.45, 2.75) is 51.4 Å². The number of nitrogens with one attached hydrogen (secondary N) is 1. The number of carboxylic acid groups (broad SMARTS) is 1. The van der Waals surface area contributed by atoms with E-state index in [1.807, 2.05) is 12.1 Å². The van der Waals surface area contributed by atoms with Crippen molar-refractivity contribution in [3.05, 3.63) is 59.3 Å². The lowest BCUT2D eigenvalue weighted by atomic mass is 9.63. The molecule has 4 N–H and O–H groups in total. The van der Waals surface area contributed by atoms with Crippen molar-refractivity contribution in [2.24, 2.45) is 23.5 Å². The number of benzene rings is 2. The number of ether oxygens (including phenoxy) is 8. The van der Waals surface area contributed by atoms with Crippen LogP contribution in [0.5, 0.6) is 23.0 Å². The van der Waals surface area contributed by atoms with Crippen LogP contribution in [0.4, 0.5) is 4.79 Å². The molecule has 0 unspecified atom stereocenters. The first-order valence-corrected chi connectivity index (χ1v) is 18.1. The van der Waals surface area contributed by atoms with Gasteiger partial charge < -0.3 is 53.7 Å². The number of aliphatic carboxylic acids is 1. The summed E-state index contributed by atoms with van der Waals surface area (Å²) in [6, 6.07) is 9.40. The molecule has 1 saturated carbocycles. The van der Waals surface area contributed by atoms with Crippen LogP contribution in [-0.4, -0.2) is 114 Å². The van der Waals surface area contributed by atoms with Gasteiger partial charge in [0.15, 0.2) is 11.5 Å². The van der Waals surface area contributed by atoms with Crippen molar-refractivity contribution in [3.63, 3.8) is 0 Å². The molecular formula is C40H53N3O13. The summed E-state index contributed by atoms with van der Waals surface area (Å²) >= 11 is 0. The molecule has 6 atom stereocenters. The van der Waals surface area contributed by atoms with Crippen LogP contribution >= 0.6 is 0 Å². The minimum atomic E-state index is -0.935. The minimum absolute atomic E-state index is 0.0170. The SMILES string of the molecule is C=C(C)C(=O)O.CCOC(N)=O.COC(=O)[C@H]1[C@H]2C[C@@H]3c4[nH]c5cc(OC)ccc5c4CCN3C[C@H]2C[C@@H](OC(=O)c2cc(OC)c(OC)c(OC)c2)[C@@H]1OC. The van der Waals surface area contributed by atoms with Crippen molar-refractivity contribution in [1.82, 2.24) is 9.88 Å². The van der Waals surface area contributed by atoms with Crippen molar-refractivity contribution < 1.29 is 62.2 Å². The summed E-state index contributed by atoms with van der Waals surface area (Å²) < 4.78 is 43.3. The smallest absolute Gasteiger partial charge is 0.404 e. The van der Waals surface area contributed by atoms with E-state index in [4.69, 9.17) is 38.3 Å². The number of esters is 2. The highest BCUT2D eigenvalue weighted by molar-refractivity contribution is 5.91.